The molecule has 1 fully saturated rings. The number of methoxy groups -OCH3 is 2. The molecule has 0 saturated carbocycles. The van der Waals surface area contributed by atoms with Gasteiger partial charge in [0.1, 0.15) is 31.5 Å². The van der Waals surface area contributed by atoms with E-state index in [-0.39, 0.29) is 31.9 Å². The first-order chi connectivity index (χ1) is 27.0. The second kappa shape index (κ2) is 20.8. The van der Waals surface area contributed by atoms with E-state index >= 15 is 4.79 Å². The van der Waals surface area contributed by atoms with Gasteiger partial charge in [0.2, 0.25) is 0 Å². The Kier molecular flexibility index (Phi) is 15.0. The van der Waals surface area contributed by atoms with E-state index in [9.17, 15) is 5.11 Å². The zero-order chi connectivity index (χ0) is 38.2. The standard InChI is InChI=1S/C45H52N2O8/c1-50-22-24-52-32-54-43-41(28-34-12-5-3-6-13-34)46(30-36-16-11-19-40(48)27-36)45(49)47(31-37-20-21-38-17-9-10-18-39(38)26-37)42(29-35-14-7-4-8-15-35)44(43)55-33-53-25-23-51-2/h3-21,26-27,41-44,48H,22-25,28-33H2,1-2H3/t41-,42-,43+,44+/m1/s1. The minimum Gasteiger partial charge on any atom is -0.508 e. The molecule has 0 aliphatic carbocycles. The molecule has 1 aliphatic rings. The van der Waals surface area contributed by atoms with Gasteiger partial charge in [0.05, 0.1) is 38.5 Å². The molecule has 0 radical (unpaired) electrons. The summed E-state index contributed by atoms with van der Waals surface area (Å²) in [6, 6.07) is 40.7. The van der Waals surface area contributed by atoms with Crippen LogP contribution in [0.15, 0.2) is 127 Å². The smallest absolute Gasteiger partial charge is 0.321 e. The first kappa shape index (κ1) is 39.9. The Labute approximate surface area is 324 Å². The molecule has 6 rings (SSSR count). The Hall–Kier alpha value is -4.81. The van der Waals surface area contributed by atoms with Crippen molar-refractivity contribution in [1.29, 1.82) is 0 Å². The van der Waals surface area contributed by atoms with Crippen molar-refractivity contribution in [3.63, 3.8) is 0 Å². The molecule has 5 aromatic carbocycles. The van der Waals surface area contributed by atoms with Crippen molar-refractivity contribution < 1.29 is 38.3 Å². The molecule has 1 N–H and O–H groups in total. The summed E-state index contributed by atoms with van der Waals surface area (Å²) in [5.41, 5.74) is 3.86. The number of amides is 2. The molecule has 290 valence electrons. The lowest BCUT2D eigenvalue weighted by Gasteiger charge is -2.38. The minimum absolute atomic E-state index is 0.0354. The lowest BCUT2D eigenvalue weighted by molar-refractivity contribution is -0.192. The lowest BCUT2D eigenvalue weighted by atomic mass is 9.90. The normalized spacial score (nSPS) is 18.8. The van der Waals surface area contributed by atoms with Crippen LogP contribution in [0.2, 0.25) is 0 Å². The van der Waals surface area contributed by atoms with Crippen molar-refractivity contribution in [2.24, 2.45) is 0 Å². The quantitative estimate of drug-likeness (QED) is 0.0659. The summed E-state index contributed by atoms with van der Waals surface area (Å²) in [4.78, 5) is 19.4. The number of hydrogen-bond donors (Lipinski definition) is 1. The number of phenols is 1. The molecule has 1 heterocycles. The number of carbonyl (C=O) groups is 1. The van der Waals surface area contributed by atoms with Crippen molar-refractivity contribution in [2.75, 3.05) is 54.2 Å². The number of nitrogens with zero attached hydrogens (tertiary/aromatic N) is 2. The van der Waals surface area contributed by atoms with Crippen LogP contribution in [0.25, 0.3) is 10.8 Å². The maximum Gasteiger partial charge on any atom is 0.321 e. The Balaban J connectivity index is 1.50. The number of fused-ring (bicyclic) bond motifs is 1. The van der Waals surface area contributed by atoms with Gasteiger partial charge in [-0.25, -0.2) is 4.79 Å². The van der Waals surface area contributed by atoms with Gasteiger partial charge in [-0.1, -0.05) is 109 Å². The molecule has 0 bridgehead atoms. The zero-order valence-electron chi connectivity index (χ0n) is 31.7. The molecule has 0 spiro atoms. The first-order valence-electron chi connectivity index (χ1n) is 18.8. The van der Waals surface area contributed by atoms with Gasteiger partial charge in [-0.05, 0) is 64.1 Å². The molecular weight excluding hydrogens is 697 g/mol. The predicted molar refractivity (Wildman–Crippen MR) is 212 cm³/mol. The summed E-state index contributed by atoms with van der Waals surface area (Å²) in [5.74, 6) is 0.128. The summed E-state index contributed by atoms with van der Waals surface area (Å²) in [7, 11) is 3.26. The highest BCUT2D eigenvalue weighted by Gasteiger charge is 2.49. The number of ether oxygens (including phenoxy) is 6. The third-order valence-electron chi connectivity index (χ3n) is 9.93. The Morgan fingerprint density at radius 2 is 1.02 bits per heavy atom. The van der Waals surface area contributed by atoms with Gasteiger partial charge in [0.15, 0.2) is 0 Å². The molecule has 0 unspecified atom stereocenters. The van der Waals surface area contributed by atoms with Gasteiger partial charge >= 0.3 is 6.03 Å². The monoisotopic (exact) mass is 748 g/mol. The number of hydrogen-bond acceptors (Lipinski definition) is 8. The molecule has 10 nitrogen and oxygen atoms in total. The highest BCUT2D eigenvalue weighted by atomic mass is 16.7. The van der Waals surface area contributed by atoms with Crippen molar-refractivity contribution in [3.05, 3.63) is 150 Å². The molecule has 5 aromatic rings. The second-order valence-corrected chi connectivity index (χ2v) is 13.7. The second-order valence-electron chi connectivity index (χ2n) is 13.7. The molecule has 4 atom stereocenters. The molecule has 0 aromatic heterocycles. The van der Waals surface area contributed by atoms with Crippen LogP contribution in [0.1, 0.15) is 22.3 Å². The number of benzene rings is 5. The van der Waals surface area contributed by atoms with E-state index in [1.165, 1.54) is 0 Å². The predicted octanol–water partition coefficient (Wildman–Crippen LogP) is 7.22. The van der Waals surface area contributed by atoms with E-state index in [0.717, 1.165) is 33.0 Å². The molecule has 1 aliphatic heterocycles. The van der Waals surface area contributed by atoms with Gasteiger partial charge in [-0.15, -0.1) is 0 Å². The Morgan fingerprint density at radius 1 is 0.527 bits per heavy atom. The summed E-state index contributed by atoms with van der Waals surface area (Å²) < 4.78 is 36.0. The maximum atomic E-state index is 15.6. The Morgan fingerprint density at radius 3 is 1.55 bits per heavy atom. The van der Waals surface area contributed by atoms with Gasteiger partial charge in [0.25, 0.3) is 0 Å². The average Bonchev–Trinajstić information content (AvgIpc) is 3.28. The average molecular weight is 749 g/mol. The largest absolute Gasteiger partial charge is 0.508 e. The van der Waals surface area contributed by atoms with Crippen molar-refractivity contribution >= 4 is 16.8 Å². The molecule has 2 amide bonds. The summed E-state index contributed by atoms with van der Waals surface area (Å²) in [6.07, 6.45) is -0.377. The van der Waals surface area contributed by atoms with Gasteiger partial charge in [-0.3, -0.25) is 0 Å². The molecule has 55 heavy (non-hydrogen) atoms. The topological polar surface area (TPSA) is 99.2 Å². The summed E-state index contributed by atoms with van der Waals surface area (Å²) >= 11 is 0. The van der Waals surface area contributed by atoms with Crippen LogP contribution in [-0.4, -0.2) is 99.5 Å². The molecule has 10 heteroatoms. The number of rotatable bonds is 20. The van der Waals surface area contributed by atoms with E-state index in [2.05, 4.69) is 54.6 Å². The highest BCUT2D eigenvalue weighted by Crippen LogP contribution is 2.34. The number of phenolic OH excluding ortho intramolecular Hbond substituents is 1. The first-order valence-corrected chi connectivity index (χ1v) is 18.8. The molecular formula is C45H52N2O8. The van der Waals surface area contributed by atoms with Crippen molar-refractivity contribution in [2.45, 2.75) is 50.2 Å². The van der Waals surface area contributed by atoms with Crippen LogP contribution in [-0.2, 0) is 54.4 Å². The summed E-state index contributed by atoms with van der Waals surface area (Å²) in [6.45, 7) is 1.96. The van der Waals surface area contributed by atoms with Crippen LogP contribution >= 0.6 is 0 Å². The van der Waals surface area contributed by atoms with Crippen LogP contribution in [0.5, 0.6) is 5.75 Å². The fourth-order valence-corrected chi connectivity index (χ4v) is 7.23. The third kappa shape index (κ3) is 11.1. The zero-order valence-corrected chi connectivity index (χ0v) is 31.7. The van der Waals surface area contributed by atoms with E-state index in [1.54, 1.807) is 32.4 Å². The maximum absolute atomic E-state index is 15.6. The van der Waals surface area contributed by atoms with Crippen LogP contribution in [0.4, 0.5) is 4.79 Å². The van der Waals surface area contributed by atoms with Crippen molar-refractivity contribution in [3.8, 4) is 5.75 Å². The van der Waals surface area contributed by atoms with E-state index in [4.69, 9.17) is 28.4 Å². The fraction of sp³-hybridized carbons (Fsp3) is 0.356. The number of carbonyl (C=O) groups excluding carboxylic acids is 1. The number of aromatic hydroxyl groups is 1. The van der Waals surface area contributed by atoms with Gasteiger partial charge < -0.3 is 43.3 Å². The van der Waals surface area contributed by atoms with E-state index in [1.807, 2.05) is 64.4 Å². The third-order valence-corrected chi connectivity index (χ3v) is 9.93. The van der Waals surface area contributed by atoms with Gasteiger partial charge in [0, 0.05) is 27.3 Å². The van der Waals surface area contributed by atoms with Crippen LogP contribution < -0.4 is 0 Å². The van der Waals surface area contributed by atoms with Gasteiger partial charge in [-0.2, -0.15) is 0 Å². The minimum atomic E-state index is -0.676. The summed E-state index contributed by atoms with van der Waals surface area (Å²) in [5, 5.41) is 12.8. The van der Waals surface area contributed by atoms with Crippen LogP contribution in [0.3, 0.4) is 0 Å². The van der Waals surface area contributed by atoms with E-state index in [0.29, 0.717) is 45.8 Å². The highest BCUT2D eigenvalue weighted by molar-refractivity contribution is 5.83. The SMILES string of the molecule is COCCOCO[C@@H]1[C@@H](OCOCCOC)[C@@H](Cc2ccccc2)N(Cc2ccc3ccccc3c2)C(=O)N(Cc2cccc(O)c2)[C@@H]1Cc1ccccc1. The lowest BCUT2D eigenvalue weighted by Crippen LogP contribution is -2.53. The molecule has 1 saturated heterocycles. The Bertz CT molecular complexity index is 1890. The number of urea groups is 1. The van der Waals surface area contributed by atoms with E-state index < -0.39 is 24.3 Å². The van der Waals surface area contributed by atoms with Crippen molar-refractivity contribution in [1.82, 2.24) is 9.80 Å². The van der Waals surface area contributed by atoms with Crippen LogP contribution in [0, 0.1) is 0 Å². The fourth-order valence-electron chi connectivity index (χ4n) is 7.23.